The molecule has 2 aromatic rings. The van der Waals surface area contributed by atoms with Crippen LogP contribution in [-0.2, 0) is 0 Å². The summed E-state index contributed by atoms with van der Waals surface area (Å²) in [5.74, 6) is 0. The standard InChI is InChI=1S/C18H19Cl3/c1-9-10(2)12(4)17(13(5)11(9)3)18(21)15-8-14(19)6-7-16(15)20/h6-8,18H,1-5H3. The molecule has 0 amide bonds. The first-order valence-electron chi connectivity index (χ1n) is 6.91. The fourth-order valence-corrected chi connectivity index (χ4v) is 3.74. The van der Waals surface area contributed by atoms with Gasteiger partial charge in [-0.3, -0.25) is 0 Å². The summed E-state index contributed by atoms with van der Waals surface area (Å²) in [6, 6.07) is 5.43. The average molecular weight is 342 g/mol. The minimum Gasteiger partial charge on any atom is -0.113 e. The van der Waals surface area contributed by atoms with Crippen LogP contribution in [0.15, 0.2) is 18.2 Å². The zero-order chi connectivity index (χ0) is 15.9. The van der Waals surface area contributed by atoms with E-state index in [2.05, 4.69) is 34.6 Å². The van der Waals surface area contributed by atoms with Crippen molar-refractivity contribution < 1.29 is 0 Å². The van der Waals surface area contributed by atoms with Gasteiger partial charge in [-0.05, 0) is 91.8 Å². The van der Waals surface area contributed by atoms with Gasteiger partial charge >= 0.3 is 0 Å². The van der Waals surface area contributed by atoms with Gasteiger partial charge in [0.15, 0.2) is 0 Å². The molecule has 0 nitrogen and oxygen atoms in total. The van der Waals surface area contributed by atoms with Gasteiger partial charge in [0.2, 0.25) is 0 Å². The number of benzene rings is 2. The number of hydrogen-bond acceptors (Lipinski definition) is 0. The van der Waals surface area contributed by atoms with Crippen LogP contribution in [0.2, 0.25) is 10.0 Å². The Morgan fingerprint density at radius 1 is 0.762 bits per heavy atom. The van der Waals surface area contributed by atoms with Crippen LogP contribution in [0.3, 0.4) is 0 Å². The highest BCUT2D eigenvalue weighted by Gasteiger charge is 2.22. The Bertz CT molecular complexity index is 673. The van der Waals surface area contributed by atoms with Crippen molar-refractivity contribution in [2.45, 2.75) is 40.0 Å². The Kier molecular flexibility index (Phi) is 4.92. The van der Waals surface area contributed by atoms with Gasteiger partial charge in [-0.2, -0.15) is 0 Å². The van der Waals surface area contributed by atoms with Crippen LogP contribution in [-0.4, -0.2) is 0 Å². The van der Waals surface area contributed by atoms with Crippen LogP contribution >= 0.6 is 34.8 Å². The topological polar surface area (TPSA) is 0 Å². The predicted molar refractivity (Wildman–Crippen MR) is 94.3 cm³/mol. The second-order valence-corrected chi connectivity index (χ2v) is 6.85. The third-order valence-electron chi connectivity index (χ3n) is 4.54. The zero-order valence-corrected chi connectivity index (χ0v) is 15.2. The molecule has 0 fully saturated rings. The van der Waals surface area contributed by atoms with Crippen molar-refractivity contribution in [3.63, 3.8) is 0 Å². The molecule has 2 rings (SSSR count). The summed E-state index contributed by atoms with van der Waals surface area (Å²) in [7, 11) is 0. The Morgan fingerprint density at radius 3 is 1.76 bits per heavy atom. The monoisotopic (exact) mass is 340 g/mol. The van der Waals surface area contributed by atoms with E-state index in [0.29, 0.717) is 10.0 Å². The average Bonchev–Trinajstić information content (AvgIpc) is 2.45. The maximum Gasteiger partial charge on any atom is 0.0855 e. The lowest BCUT2D eigenvalue weighted by atomic mass is 9.86. The first-order valence-corrected chi connectivity index (χ1v) is 8.10. The highest BCUT2D eigenvalue weighted by molar-refractivity contribution is 6.35. The maximum atomic E-state index is 6.77. The summed E-state index contributed by atoms with van der Waals surface area (Å²) in [5.41, 5.74) is 8.36. The molecule has 2 aromatic carbocycles. The Balaban J connectivity index is 2.69. The van der Waals surface area contributed by atoms with Gasteiger partial charge in [0.25, 0.3) is 0 Å². The lowest BCUT2D eigenvalue weighted by Gasteiger charge is -2.23. The van der Waals surface area contributed by atoms with E-state index in [4.69, 9.17) is 34.8 Å². The third-order valence-corrected chi connectivity index (χ3v) is 5.58. The van der Waals surface area contributed by atoms with Crippen LogP contribution < -0.4 is 0 Å². The molecule has 0 N–H and O–H groups in total. The van der Waals surface area contributed by atoms with Gasteiger partial charge in [0.1, 0.15) is 0 Å². The van der Waals surface area contributed by atoms with Gasteiger partial charge in [0, 0.05) is 10.0 Å². The molecule has 0 radical (unpaired) electrons. The fraction of sp³-hybridized carbons (Fsp3) is 0.333. The van der Waals surface area contributed by atoms with Crippen molar-refractivity contribution in [2.24, 2.45) is 0 Å². The number of hydrogen-bond donors (Lipinski definition) is 0. The highest BCUT2D eigenvalue weighted by atomic mass is 35.5. The van der Waals surface area contributed by atoms with E-state index >= 15 is 0 Å². The van der Waals surface area contributed by atoms with Crippen molar-refractivity contribution in [1.29, 1.82) is 0 Å². The molecule has 0 heterocycles. The minimum absolute atomic E-state index is 0.297. The Labute approximate surface area is 142 Å². The van der Waals surface area contributed by atoms with Gasteiger partial charge in [-0.25, -0.2) is 0 Å². The first-order chi connectivity index (χ1) is 9.75. The molecule has 0 saturated heterocycles. The van der Waals surface area contributed by atoms with Crippen LogP contribution in [0, 0.1) is 34.6 Å². The number of rotatable bonds is 2. The van der Waals surface area contributed by atoms with E-state index in [9.17, 15) is 0 Å². The largest absolute Gasteiger partial charge is 0.113 e. The number of alkyl halides is 1. The third kappa shape index (κ3) is 2.95. The summed E-state index contributed by atoms with van der Waals surface area (Å²) in [6.07, 6.45) is 0. The van der Waals surface area contributed by atoms with Gasteiger partial charge in [-0.1, -0.05) is 23.2 Å². The Hall–Kier alpha value is -0.690. The summed E-state index contributed by atoms with van der Waals surface area (Å²) in [5, 5.41) is 0.999. The molecular weight excluding hydrogens is 323 g/mol. The van der Waals surface area contributed by atoms with Crippen LogP contribution in [0.25, 0.3) is 0 Å². The number of halogens is 3. The fourth-order valence-electron chi connectivity index (χ4n) is 2.77. The van der Waals surface area contributed by atoms with E-state index in [0.717, 1.165) is 11.1 Å². The molecule has 0 aromatic heterocycles. The SMILES string of the molecule is Cc1c(C)c(C)c(C(Cl)c2cc(Cl)ccc2Cl)c(C)c1C. The Morgan fingerprint density at radius 2 is 1.24 bits per heavy atom. The van der Waals surface area contributed by atoms with E-state index in [1.807, 2.05) is 6.07 Å². The molecule has 112 valence electrons. The van der Waals surface area contributed by atoms with Crippen molar-refractivity contribution in [2.75, 3.05) is 0 Å². The molecule has 0 saturated carbocycles. The van der Waals surface area contributed by atoms with Gasteiger partial charge < -0.3 is 0 Å². The highest BCUT2D eigenvalue weighted by Crippen LogP contribution is 2.40. The molecule has 0 aliphatic rings. The summed E-state index contributed by atoms with van der Waals surface area (Å²) < 4.78 is 0. The van der Waals surface area contributed by atoms with Crippen LogP contribution in [0.4, 0.5) is 0 Å². The van der Waals surface area contributed by atoms with Crippen molar-refractivity contribution in [1.82, 2.24) is 0 Å². The predicted octanol–water partition coefficient (Wildman–Crippen LogP) is 6.86. The quantitative estimate of drug-likeness (QED) is 0.523. The molecule has 3 heteroatoms. The summed E-state index contributed by atoms with van der Waals surface area (Å²) in [6.45, 7) is 10.7. The van der Waals surface area contributed by atoms with Crippen molar-refractivity contribution >= 4 is 34.8 Å². The van der Waals surface area contributed by atoms with Crippen LogP contribution in [0.5, 0.6) is 0 Å². The van der Waals surface area contributed by atoms with E-state index in [1.165, 1.54) is 27.8 Å². The summed E-state index contributed by atoms with van der Waals surface area (Å²) in [4.78, 5) is 0. The second kappa shape index (κ2) is 6.20. The molecule has 21 heavy (non-hydrogen) atoms. The lowest BCUT2D eigenvalue weighted by Crippen LogP contribution is -2.06. The molecule has 0 aliphatic carbocycles. The van der Waals surface area contributed by atoms with Crippen molar-refractivity contribution in [3.8, 4) is 0 Å². The first kappa shape index (κ1) is 16.7. The van der Waals surface area contributed by atoms with E-state index < -0.39 is 0 Å². The molecule has 0 spiro atoms. The molecular formula is C18H19Cl3. The second-order valence-electron chi connectivity index (χ2n) is 5.57. The van der Waals surface area contributed by atoms with E-state index in [-0.39, 0.29) is 5.38 Å². The summed E-state index contributed by atoms with van der Waals surface area (Å²) >= 11 is 19.2. The minimum atomic E-state index is -0.297. The van der Waals surface area contributed by atoms with E-state index in [1.54, 1.807) is 12.1 Å². The smallest absolute Gasteiger partial charge is 0.0855 e. The molecule has 1 atom stereocenters. The zero-order valence-electron chi connectivity index (χ0n) is 12.9. The molecule has 1 unspecified atom stereocenters. The van der Waals surface area contributed by atoms with Gasteiger partial charge in [0.05, 0.1) is 5.38 Å². The molecule has 0 bridgehead atoms. The normalized spacial score (nSPS) is 12.6. The van der Waals surface area contributed by atoms with Crippen molar-refractivity contribution in [3.05, 3.63) is 67.2 Å². The van der Waals surface area contributed by atoms with Crippen LogP contribution in [0.1, 0.15) is 44.3 Å². The van der Waals surface area contributed by atoms with Gasteiger partial charge in [-0.15, -0.1) is 11.6 Å². The lowest BCUT2D eigenvalue weighted by molar-refractivity contribution is 1.04. The molecule has 0 aliphatic heterocycles. The maximum absolute atomic E-state index is 6.77.